The van der Waals surface area contributed by atoms with Gasteiger partial charge in [0.25, 0.3) is 5.91 Å². The zero-order chi connectivity index (χ0) is 19.2. The number of para-hydroxylation sites is 1. The highest BCUT2D eigenvalue weighted by Gasteiger charge is 2.32. The summed E-state index contributed by atoms with van der Waals surface area (Å²) in [6.07, 6.45) is 0. The minimum Gasteiger partial charge on any atom is -0.497 e. The minimum absolute atomic E-state index is 0.0387. The number of anilines is 2. The third kappa shape index (κ3) is 4.42. The van der Waals surface area contributed by atoms with Crippen molar-refractivity contribution in [2.24, 2.45) is 0 Å². The molecule has 1 fully saturated rings. The van der Waals surface area contributed by atoms with Gasteiger partial charge in [-0.25, -0.2) is 0 Å². The number of benzene rings is 2. The zero-order valence-electron chi connectivity index (χ0n) is 16.5. The molecule has 0 unspecified atom stereocenters. The van der Waals surface area contributed by atoms with Gasteiger partial charge in [-0.2, -0.15) is 0 Å². The predicted octanol–water partition coefficient (Wildman–Crippen LogP) is 1.84. The molecule has 1 N–H and O–H groups in total. The van der Waals surface area contributed by atoms with E-state index in [4.69, 9.17) is 4.74 Å². The van der Waals surface area contributed by atoms with Crippen molar-refractivity contribution >= 4 is 17.3 Å². The normalized spacial score (nSPS) is 16.0. The number of carbonyl (C=O) groups is 1. The molecule has 5 nitrogen and oxygen atoms in total. The largest absolute Gasteiger partial charge is 0.497 e. The van der Waals surface area contributed by atoms with Gasteiger partial charge in [-0.05, 0) is 50.2 Å². The minimum atomic E-state index is -0.0387. The van der Waals surface area contributed by atoms with Gasteiger partial charge < -0.3 is 19.4 Å². The molecule has 1 saturated heterocycles. The molecule has 0 aliphatic carbocycles. The van der Waals surface area contributed by atoms with Crippen molar-refractivity contribution < 1.29 is 14.4 Å². The molecule has 144 valence electrons. The molecule has 1 heterocycles. The average Bonchev–Trinajstić information content (AvgIpc) is 2.74. The quantitative estimate of drug-likeness (QED) is 0.845. The van der Waals surface area contributed by atoms with Crippen molar-refractivity contribution in [1.82, 2.24) is 0 Å². The number of hydrogen-bond acceptors (Lipinski definition) is 3. The van der Waals surface area contributed by atoms with Crippen LogP contribution in [0.1, 0.15) is 13.8 Å². The van der Waals surface area contributed by atoms with Gasteiger partial charge in [-0.15, -0.1) is 0 Å². The molecule has 1 aliphatic rings. The van der Waals surface area contributed by atoms with E-state index in [1.54, 1.807) is 7.11 Å². The summed E-state index contributed by atoms with van der Waals surface area (Å²) in [6, 6.07) is 18.1. The molecule has 0 bridgehead atoms. The summed E-state index contributed by atoms with van der Waals surface area (Å²) in [7, 11) is 1.69. The number of ether oxygens (including phenoxy) is 1. The van der Waals surface area contributed by atoms with Crippen molar-refractivity contribution in [3.63, 3.8) is 0 Å². The van der Waals surface area contributed by atoms with Crippen LogP contribution < -0.4 is 19.4 Å². The summed E-state index contributed by atoms with van der Waals surface area (Å²) in [6.45, 7) is 8.63. The standard InChI is InChI=1S/C22H29N3O2/c1-4-25(20-8-6-5-7-9-20)22(26)18(2)23-14-16-24(17-15-23)19-10-12-21(27-3)13-11-19/h5-13,18H,4,14-17H2,1-3H3/p+1/t18-/m1/s1. The summed E-state index contributed by atoms with van der Waals surface area (Å²) in [5, 5.41) is 0. The van der Waals surface area contributed by atoms with E-state index in [0.29, 0.717) is 6.54 Å². The Bertz CT molecular complexity index is 725. The van der Waals surface area contributed by atoms with Gasteiger partial charge in [0.1, 0.15) is 5.75 Å². The van der Waals surface area contributed by atoms with Crippen LogP contribution in [-0.2, 0) is 4.79 Å². The molecule has 2 aromatic carbocycles. The van der Waals surface area contributed by atoms with Gasteiger partial charge in [0.2, 0.25) is 0 Å². The van der Waals surface area contributed by atoms with E-state index in [1.165, 1.54) is 10.6 Å². The Hall–Kier alpha value is -2.53. The summed E-state index contributed by atoms with van der Waals surface area (Å²) in [4.78, 5) is 18.7. The number of likely N-dealkylation sites (N-methyl/N-ethyl adjacent to an activating group) is 1. The molecule has 2 aromatic rings. The number of quaternary nitrogens is 1. The Morgan fingerprint density at radius 1 is 1.11 bits per heavy atom. The Kier molecular flexibility index (Phi) is 6.35. The first-order valence-corrected chi connectivity index (χ1v) is 9.74. The van der Waals surface area contributed by atoms with E-state index in [9.17, 15) is 4.79 Å². The monoisotopic (exact) mass is 368 g/mol. The first-order valence-electron chi connectivity index (χ1n) is 9.74. The van der Waals surface area contributed by atoms with E-state index in [2.05, 4.69) is 24.0 Å². The number of rotatable bonds is 6. The van der Waals surface area contributed by atoms with Crippen LogP contribution in [0.2, 0.25) is 0 Å². The van der Waals surface area contributed by atoms with E-state index in [-0.39, 0.29) is 11.9 Å². The second-order valence-corrected chi connectivity index (χ2v) is 6.98. The molecule has 1 amide bonds. The number of methoxy groups -OCH3 is 1. The molecule has 3 rings (SSSR count). The van der Waals surface area contributed by atoms with E-state index < -0.39 is 0 Å². The fraction of sp³-hybridized carbons (Fsp3) is 0.409. The number of piperazine rings is 1. The van der Waals surface area contributed by atoms with Crippen molar-refractivity contribution in [2.75, 3.05) is 49.6 Å². The van der Waals surface area contributed by atoms with Crippen LogP contribution >= 0.6 is 0 Å². The van der Waals surface area contributed by atoms with Crippen LogP contribution in [0.3, 0.4) is 0 Å². The first-order chi connectivity index (χ1) is 13.1. The molecule has 1 atom stereocenters. The Morgan fingerprint density at radius 3 is 2.30 bits per heavy atom. The van der Waals surface area contributed by atoms with Gasteiger partial charge in [-0.1, -0.05) is 18.2 Å². The van der Waals surface area contributed by atoms with Crippen molar-refractivity contribution in [3.05, 3.63) is 54.6 Å². The molecule has 0 saturated carbocycles. The van der Waals surface area contributed by atoms with E-state index in [0.717, 1.165) is 37.6 Å². The van der Waals surface area contributed by atoms with Gasteiger partial charge >= 0.3 is 0 Å². The maximum atomic E-state index is 13.1. The Morgan fingerprint density at radius 2 is 1.74 bits per heavy atom. The summed E-state index contributed by atoms with van der Waals surface area (Å²) >= 11 is 0. The van der Waals surface area contributed by atoms with Gasteiger partial charge in [-0.3, -0.25) is 4.79 Å². The fourth-order valence-electron chi connectivity index (χ4n) is 3.76. The van der Waals surface area contributed by atoms with Crippen LogP contribution in [0.15, 0.2) is 54.6 Å². The van der Waals surface area contributed by atoms with Crippen LogP contribution in [0.25, 0.3) is 0 Å². The number of amides is 1. The summed E-state index contributed by atoms with van der Waals surface area (Å²) in [5.41, 5.74) is 2.20. The van der Waals surface area contributed by atoms with Crippen molar-refractivity contribution in [1.29, 1.82) is 0 Å². The predicted molar refractivity (Wildman–Crippen MR) is 110 cm³/mol. The maximum Gasteiger partial charge on any atom is 0.284 e. The van der Waals surface area contributed by atoms with Crippen LogP contribution in [0.4, 0.5) is 11.4 Å². The third-order valence-electron chi connectivity index (χ3n) is 5.48. The second kappa shape index (κ2) is 8.91. The Labute approximate surface area is 162 Å². The molecule has 1 aliphatic heterocycles. The number of nitrogens with zero attached hydrogens (tertiary/aromatic N) is 2. The summed E-state index contributed by atoms with van der Waals surface area (Å²) in [5.74, 6) is 1.08. The molecular weight excluding hydrogens is 338 g/mol. The lowest BCUT2D eigenvalue weighted by molar-refractivity contribution is -0.914. The van der Waals surface area contributed by atoms with Gasteiger partial charge in [0.15, 0.2) is 6.04 Å². The lowest BCUT2D eigenvalue weighted by Gasteiger charge is -2.37. The van der Waals surface area contributed by atoms with Crippen LogP contribution in [0.5, 0.6) is 5.75 Å². The fourth-order valence-corrected chi connectivity index (χ4v) is 3.76. The maximum absolute atomic E-state index is 13.1. The first kappa shape index (κ1) is 19.2. The van der Waals surface area contributed by atoms with E-state index >= 15 is 0 Å². The highest BCUT2D eigenvalue weighted by Crippen LogP contribution is 2.19. The lowest BCUT2D eigenvalue weighted by Crippen LogP contribution is -3.19. The molecular formula is C22H30N3O2+. The Balaban J connectivity index is 1.60. The van der Waals surface area contributed by atoms with Crippen LogP contribution in [0, 0.1) is 0 Å². The molecule has 27 heavy (non-hydrogen) atoms. The molecule has 0 radical (unpaired) electrons. The SMILES string of the molecule is CCN(C(=O)[C@@H](C)[NH+]1CCN(c2ccc(OC)cc2)CC1)c1ccccc1. The highest BCUT2D eigenvalue weighted by atomic mass is 16.5. The molecule has 5 heteroatoms. The number of carbonyl (C=O) groups excluding carboxylic acids is 1. The second-order valence-electron chi connectivity index (χ2n) is 6.98. The highest BCUT2D eigenvalue weighted by molar-refractivity contribution is 5.96. The molecule has 0 aromatic heterocycles. The van der Waals surface area contributed by atoms with Gasteiger partial charge in [0.05, 0.1) is 33.3 Å². The topological polar surface area (TPSA) is 37.2 Å². The van der Waals surface area contributed by atoms with Gasteiger partial charge in [0, 0.05) is 17.9 Å². The van der Waals surface area contributed by atoms with Crippen molar-refractivity contribution in [2.45, 2.75) is 19.9 Å². The number of hydrogen-bond donors (Lipinski definition) is 1. The average molecular weight is 369 g/mol. The third-order valence-corrected chi connectivity index (χ3v) is 5.48. The van der Waals surface area contributed by atoms with Crippen molar-refractivity contribution in [3.8, 4) is 5.75 Å². The lowest BCUT2D eigenvalue weighted by atomic mass is 10.1. The smallest absolute Gasteiger partial charge is 0.284 e. The van der Waals surface area contributed by atoms with E-state index in [1.807, 2.05) is 54.3 Å². The summed E-state index contributed by atoms with van der Waals surface area (Å²) < 4.78 is 5.24. The zero-order valence-corrected chi connectivity index (χ0v) is 16.5. The molecule has 0 spiro atoms. The number of nitrogens with one attached hydrogen (secondary N) is 1. The van der Waals surface area contributed by atoms with Crippen LogP contribution in [-0.4, -0.2) is 51.8 Å².